The fraction of sp³-hybridized carbons (Fsp3) is 0.235. The van der Waals surface area contributed by atoms with Gasteiger partial charge in [0.2, 0.25) is 11.8 Å². The molecule has 7 nitrogen and oxygen atoms in total. The summed E-state index contributed by atoms with van der Waals surface area (Å²) in [6.45, 7) is 0. The fourth-order valence-electron chi connectivity index (χ4n) is 4.70. The number of thioether (sulfide) groups is 1. The number of carbonyl (C=O) groups excluding carboxylic acids is 2. The summed E-state index contributed by atoms with van der Waals surface area (Å²) in [5.41, 5.74) is 2.99. The molecule has 0 spiro atoms. The molecule has 2 amide bonds. The third-order valence-corrected chi connectivity index (χ3v) is 7.99. The summed E-state index contributed by atoms with van der Waals surface area (Å²) in [6.07, 6.45) is 2.64. The largest absolute Gasteiger partial charge is 0.480 e. The highest BCUT2D eigenvalue weighted by Gasteiger charge is 2.31. The Morgan fingerprint density at radius 3 is 1.74 bits per heavy atom. The van der Waals surface area contributed by atoms with Gasteiger partial charge in [0, 0.05) is 29.5 Å². The van der Waals surface area contributed by atoms with Crippen LogP contribution in [0.3, 0.4) is 0 Å². The molecule has 216 valence electrons. The Morgan fingerprint density at radius 2 is 1.21 bits per heavy atom. The Hall–Kier alpha value is -4.43. The maximum atomic E-state index is 13.7. The van der Waals surface area contributed by atoms with Crippen molar-refractivity contribution in [2.24, 2.45) is 11.8 Å². The number of nitrogens with one attached hydrogen (secondary N) is 2. The van der Waals surface area contributed by atoms with Crippen LogP contribution in [0.15, 0.2) is 115 Å². The van der Waals surface area contributed by atoms with Gasteiger partial charge in [0.25, 0.3) is 0 Å². The van der Waals surface area contributed by atoms with E-state index < -0.39 is 23.8 Å². The van der Waals surface area contributed by atoms with Gasteiger partial charge in [-0.2, -0.15) is 11.8 Å². The summed E-state index contributed by atoms with van der Waals surface area (Å²) in [5.74, 6) is -1.59. The molecular formula is C34H35N3O4S. The van der Waals surface area contributed by atoms with Gasteiger partial charge in [0.15, 0.2) is 0 Å². The van der Waals surface area contributed by atoms with Crippen molar-refractivity contribution >= 4 is 35.4 Å². The lowest BCUT2D eigenvalue weighted by atomic mass is 9.84. The predicted octanol–water partition coefficient (Wildman–Crippen LogP) is 5.63. The number of carbonyl (C=O) groups is 3. The molecule has 0 aliphatic rings. The minimum absolute atomic E-state index is 0.224. The van der Waals surface area contributed by atoms with E-state index in [9.17, 15) is 19.5 Å². The summed E-state index contributed by atoms with van der Waals surface area (Å²) in [7, 11) is 0. The molecule has 3 atom stereocenters. The highest BCUT2D eigenvalue weighted by Crippen LogP contribution is 2.24. The zero-order chi connectivity index (χ0) is 29.6. The lowest BCUT2D eigenvalue weighted by molar-refractivity contribution is -0.142. The SMILES string of the molecule is O=C(Nc1ccccn1)C(Cc1ccccc1)CC(Cc1ccccc1)C(=O)N[C@@H](CSCc1ccccc1)C(=O)O. The maximum Gasteiger partial charge on any atom is 0.327 e. The van der Waals surface area contributed by atoms with Crippen LogP contribution in [0.25, 0.3) is 0 Å². The Balaban J connectivity index is 1.52. The Kier molecular flexibility index (Phi) is 11.7. The van der Waals surface area contributed by atoms with Crippen molar-refractivity contribution in [3.8, 4) is 0 Å². The van der Waals surface area contributed by atoms with E-state index in [1.165, 1.54) is 11.8 Å². The van der Waals surface area contributed by atoms with Crippen molar-refractivity contribution < 1.29 is 19.5 Å². The number of hydrogen-bond donors (Lipinski definition) is 3. The molecule has 4 rings (SSSR count). The van der Waals surface area contributed by atoms with Gasteiger partial charge in [-0.1, -0.05) is 97.1 Å². The number of nitrogens with zero attached hydrogens (tertiary/aromatic N) is 1. The molecule has 1 aromatic heterocycles. The normalized spacial score (nSPS) is 13.0. The van der Waals surface area contributed by atoms with E-state index >= 15 is 0 Å². The summed E-state index contributed by atoms with van der Waals surface area (Å²) in [4.78, 5) is 43.6. The second kappa shape index (κ2) is 16.1. The van der Waals surface area contributed by atoms with Crippen molar-refractivity contribution in [3.63, 3.8) is 0 Å². The first-order valence-electron chi connectivity index (χ1n) is 13.9. The first-order chi connectivity index (χ1) is 20.5. The molecule has 0 aliphatic carbocycles. The highest BCUT2D eigenvalue weighted by atomic mass is 32.2. The summed E-state index contributed by atoms with van der Waals surface area (Å²) in [5, 5.41) is 15.6. The second-order valence-electron chi connectivity index (χ2n) is 10.1. The molecule has 0 saturated heterocycles. The van der Waals surface area contributed by atoms with Crippen molar-refractivity contribution in [1.82, 2.24) is 10.3 Å². The van der Waals surface area contributed by atoms with Gasteiger partial charge in [-0.25, -0.2) is 9.78 Å². The van der Waals surface area contributed by atoms with Gasteiger partial charge in [0.05, 0.1) is 0 Å². The van der Waals surface area contributed by atoms with E-state index in [1.54, 1.807) is 24.4 Å². The van der Waals surface area contributed by atoms with E-state index in [0.29, 0.717) is 24.4 Å². The molecule has 0 radical (unpaired) electrons. The average molecular weight is 582 g/mol. The molecule has 8 heteroatoms. The van der Waals surface area contributed by atoms with Crippen LogP contribution in [0.2, 0.25) is 0 Å². The molecule has 0 saturated carbocycles. The lowest BCUT2D eigenvalue weighted by Gasteiger charge is -2.25. The van der Waals surface area contributed by atoms with E-state index in [2.05, 4.69) is 15.6 Å². The highest BCUT2D eigenvalue weighted by molar-refractivity contribution is 7.98. The Labute approximate surface area is 250 Å². The first-order valence-corrected chi connectivity index (χ1v) is 15.1. The van der Waals surface area contributed by atoms with E-state index in [1.807, 2.05) is 91.0 Å². The number of pyridine rings is 1. The van der Waals surface area contributed by atoms with Gasteiger partial charge >= 0.3 is 5.97 Å². The third-order valence-electron chi connectivity index (χ3n) is 6.89. The summed E-state index contributed by atoms with van der Waals surface area (Å²) >= 11 is 1.46. The van der Waals surface area contributed by atoms with Crippen LogP contribution in [0.5, 0.6) is 0 Å². The molecule has 3 N–H and O–H groups in total. The fourth-order valence-corrected chi connectivity index (χ4v) is 5.71. The average Bonchev–Trinajstić information content (AvgIpc) is 3.01. The number of carboxylic acids is 1. The topological polar surface area (TPSA) is 108 Å². The van der Waals surface area contributed by atoms with Crippen LogP contribution in [0, 0.1) is 11.8 Å². The van der Waals surface area contributed by atoms with Crippen LogP contribution in [-0.2, 0) is 33.0 Å². The molecular weight excluding hydrogens is 546 g/mol. The Morgan fingerprint density at radius 1 is 0.690 bits per heavy atom. The van der Waals surface area contributed by atoms with Crippen LogP contribution in [-0.4, -0.2) is 39.7 Å². The van der Waals surface area contributed by atoms with E-state index in [0.717, 1.165) is 16.7 Å². The second-order valence-corrected chi connectivity index (χ2v) is 11.1. The Bertz CT molecular complexity index is 1410. The van der Waals surface area contributed by atoms with Gasteiger partial charge in [0.1, 0.15) is 11.9 Å². The van der Waals surface area contributed by atoms with Crippen LogP contribution in [0.1, 0.15) is 23.1 Å². The zero-order valence-corrected chi connectivity index (χ0v) is 24.1. The molecule has 2 unspecified atom stereocenters. The number of rotatable bonds is 15. The zero-order valence-electron chi connectivity index (χ0n) is 23.3. The first kappa shape index (κ1) is 30.5. The third kappa shape index (κ3) is 9.89. The molecule has 4 aromatic rings. The number of carboxylic acid groups (broad SMARTS) is 1. The van der Waals surface area contributed by atoms with Gasteiger partial charge in [-0.05, 0) is 48.1 Å². The van der Waals surface area contributed by atoms with Crippen LogP contribution in [0.4, 0.5) is 5.82 Å². The van der Waals surface area contributed by atoms with Crippen LogP contribution >= 0.6 is 11.8 Å². The van der Waals surface area contributed by atoms with E-state index in [4.69, 9.17) is 0 Å². The van der Waals surface area contributed by atoms with Gasteiger partial charge < -0.3 is 15.7 Å². The van der Waals surface area contributed by atoms with Crippen molar-refractivity contribution in [1.29, 1.82) is 0 Å². The summed E-state index contributed by atoms with van der Waals surface area (Å²) in [6, 6.07) is 33.3. The number of aromatic nitrogens is 1. The number of benzene rings is 3. The van der Waals surface area contributed by atoms with E-state index in [-0.39, 0.29) is 24.0 Å². The maximum absolute atomic E-state index is 13.7. The minimum Gasteiger partial charge on any atom is -0.480 e. The standard InChI is InChI=1S/C34H35N3O4S/c38-32(36-30(34(40)41)24-42-23-27-16-8-3-9-17-27)28(20-25-12-4-1-5-13-25)22-29(21-26-14-6-2-7-15-26)33(39)37-31-18-10-11-19-35-31/h1-19,28-30H,20-24H2,(H,36,38)(H,40,41)(H,35,37,39)/t28?,29?,30-/m0/s1. The molecule has 1 heterocycles. The van der Waals surface area contributed by atoms with Crippen molar-refractivity contribution in [2.75, 3.05) is 11.1 Å². The molecule has 0 fully saturated rings. The number of aliphatic carboxylic acids is 1. The van der Waals surface area contributed by atoms with Gasteiger partial charge in [-0.3, -0.25) is 9.59 Å². The number of amides is 2. The molecule has 3 aromatic carbocycles. The van der Waals surface area contributed by atoms with Crippen molar-refractivity contribution in [2.45, 2.75) is 31.1 Å². The monoisotopic (exact) mass is 581 g/mol. The van der Waals surface area contributed by atoms with Gasteiger partial charge in [-0.15, -0.1) is 0 Å². The number of hydrogen-bond acceptors (Lipinski definition) is 5. The van der Waals surface area contributed by atoms with Crippen LogP contribution < -0.4 is 10.6 Å². The molecule has 42 heavy (non-hydrogen) atoms. The lowest BCUT2D eigenvalue weighted by Crippen LogP contribution is -2.46. The molecule has 0 aliphatic heterocycles. The number of anilines is 1. The minimum atomic E-state index is -1.09. The predicted molar refractivity (Wildman–Crippen MR) is 167 cm³/mol. The van der Waals surface area contributed by atoms with Crippen molar-refractivity contribution in [3.05, 3.63) is 132 Å². The smallest absolute Gasteiger partial charge is 0.327 e. The molecule has 0 bridgehead atoms. The quantitative estimate of drug-likeness (QED) is 0.168. The summed E-state index contributed by atoms with van der Waals surface area (Å²) < 4.78 is 0.